The molecule has 0 saturated carbocycles. The molecule has 25 heavy (non-hydrogen) atoms. The van der Waals surface area contributed by atoms with Crippen LogP contribution in [0.4, 0.5) is 0 Å². The predicted octanol–water partition coefficient (Wildman–Crippen LogP) is 4.31. The summed E-state index contributed by atoms with van der Waals surface area (Å²) in [5, 5.41) is 9.02. The average molecular weight is 338 g/mol. The van der Waals surface area contributed by atoms with E-state index in [0.29, 0.717) is 18.9 Å². The summed E-state index contributed by atoms with van der Waals surface area (Å²) in [6.07, 6.45) is 0.667. The molecule has 0 bridgehead atoms. The quantitative estimate of drug-likeness (QED) is 0.628. The number of rotatable bonds is 7. The largest absolute Gasteiger partial charge is 0.493 e. The van der Waals surface area contributed by atoms with Crippen LogP contribution in [0, 0.1) is 6.92 Å². The number of hydroxylamine groups is 1. The lowest BCUT2D eigenvalue weighted by molar-refractivity contribution is 0.133. The summed E-state index contributed by atoms with van der Waals surface area (Å²) in [4.78, 5) is 4.58. The first-order valence-corrected chi connectivity index (χ1v) is 8.31. The fraction of sp³-hybridized carbons (Fsp3) is 0.250. The van der Waals surface area contributed by atoms with E-state index in [1.807, 2.05) is 68.4 Å². The normalized spacial score (nSPS) is 12.1. The molecule has 0 radical (unpaired) electrons. The van der Waals surface area contributed by atoms with Gasteiger partial charge in [-0.25, -0.2) is 4.98 Å². The zero-order valence-electron chi connectivity index (χ0n) is 14.4. The van der Waals surface area contributed by atoms with Crippen LogP contribution in [0.1, 0.15) is 30.0 Å². The smallest absolute Gasteiger partial charge is 0.226 e. The minimum atomic E-state index is -0.144. The molecular weight excluding hydrogens is 316 g/mol. The second kappa shape index (κ2) is 7.96. The molecule has 5 nitrogen and oxygen atoms in total. The van der Waals surface area contributed by atoms with Crippen molar-refractivity contribution in [3.8, 4) is 17.2 Å². The van der Waals surface area contributed by atoms with Crippen LogP contribution >= 0.6 is 0 Å². The van der Waals surface area contributed by atoms with Gasteiger partial charge in [0.2, 0.25) is 5.89 Å². The van der Waals surface area contributed by atoms with Crippen molar-refractivity contribution < 1.29 is 14.4 Å². The fourth-order valence-electron chi connectivity index (χ4n) is 2.58. The van der Waals surface area contributed by atoms with Gasteiger partial charge in [-0.05, 0) is 43.7 Å². The van der Waals surface area contributed by atoms with Crippen molar-refractivity contribution >= 4 is 0 Å². The first-order chi connectivity index (χ1) is 12.2. The van der Waals surface area contributed by atoms with Gasteiger partial charge in [0.25, 0.3) is 0 Å². The molecule has 2 N–H and O–H groups in total. The summed E-state index contributed by atoms with van der Waals surface area (Å²) in [5.41, 5.74) is 5.07. The van der Waals surface area contributed by atoms with E-state index in [0.717, 1.165) is 28.3 Å². The molecule has 1 aromatic heterocycles. The Balaban J connectivity index is 1.62. The number of benzene rings is 2. The van der Waals surface area contributed by atoms with Gasteiger partial charge in [0.1, 0.15) is 11.5 Å². The molecule has 0 amide bonds. The van der Waals surface area contributed by atoms with Gasteiger partial charge in [0.15, 0.2) is 0 Å². The van der Waals surface area contributed by atoms with Crippen molar-refractivity contribution in [2.24, 2.45) is 0 Å². The number of oxazole rings is 1. The van der Waals surface area contributed by atoms with Crippen molar-refractivity contribution in [3.05, 3.63) is 71.6 Å². The maximum Gasteiger partial charge on any atom is 0.226 e. The molecule has 0 aliphatic heterocycles. The minimum Gasteiger partial charge on any atom is -0.493 e. The Morgan fingerprint density at radius 3 is 2.72 bits per heavy atom. The van der Waals surface area contributed by atoms with Gasteiger partial charge in [-0.2, -0.15) is 5.48 Å². The van der Waals surface area contributed by atoms with Crippen LogP contribution in [0.5, 0.6) is 5.75 Å². The molecule has 0 fully saturated rings. The van der Waals surface area contributed by atoms with E-state index >= 15 is 0 Å². The predicted molar refractivity (Wildman–Crippen MR) is 95.7 cm³/mol. The summed E-state index contributed by atoms with van der Waals surface area (Å²) in [5.74, 6) is 2.22. The van der Waals surface area contributed by atoms with E-state index in [4.69, 9.17) is 14.4 Å². The monoisotopic (exact) mass is 338 g/mol. The van der Waals surface area contributed by atoms with E-state index < -0.39 is 0 Å². The third kappa shape index (κ3) is 4.26. The van der Waals surface area contributed by atoms with Gasteiger partial charge in [-0.1, -0.05) is 30.3 Å². The average Bonchev–Trinajstić information content (AvgIpc) is 3.03. The molecule has 1 atom stereocenters. The maximum atomic E-state index is 9.02. The van der Waals surface area contributed by atoms with E-state index in [2.05, 4.69) is 10.5 Å². The van der Waals surface area contributed by atoms with E-state index in [9.17, 15) is 0 Å². The number of nitrogens with one attached hydrogen (secondary N) is 1. The molecule has 5 heteroatoms. The highest BCUT2D eigenvalue weighted by Gasteiger charge is 2.11. The van der Waals surface area contributed by atoms with Crippen molar-refractivity contribution in [2.75, 3.05) is 6.61 Å². The third-order valence-corrected chi connectivity index (χ3v) is 4.07. The number of ether oxygens (including phenoxy) is 1. The highest BCUT2D eigenvalue weighted by molar-refractivity contribution is 5.53. The first kappa shape index (κ1) is 17.2. The third-order valence-electron chi connectivity index (χ3n) is 4.07. The second-order valence-electron chi connectivity index (χ2n) is 5.91. The van der Waals surface area contributed by atoms with Gasteiger partial charge < -0.3 is 14.4 Å². The Morgan fingerprint density at radius 1 is 1.16 bits per heavy atom. The number of aryl methyl sites for hydroxylation is 1. The summed E-state index contributed by atoms with van der Waals surface area (Å²) < 4.78 is 11.6. The summed E-state index contributed by atoms with van der Waals surface area (Å²) >= 11 is 0. The molecule has 0 saturated heterocycles. The standard InChI is InChI=1S/C20H22N2O3/c1-14(22-23)17-9-6-10-18(13-17)24-12-11-19-15(2)25-20(21-19)16-7-4-3-5-8-16/h3-10,13-14,22-23H,11-12H2,1-2H3. The Bertz CT molecular complexity index is 815. The van der Waals surface area contributed by atoms with Gasteiger partial charge in [-0.3, -0.25) is 0 Å². The Labute approximate surface area is 147 Å². The fourth-order valence-corrected chi connectivity index (χ4v) is 2.58. The van der Waals surface area contributed by atoms with Crippen LogP contribution in [0.25, 0.3) is 11.5 Å². The molecule has 1 unspecified atom stereocenters. The highest BCUT2D eigenvalue weighted by Crippen LogP contribution is 2.22. The zero-order valence-corrected chi connectivity index (χ0v) is 14.4. The van der Waals surface area contributed by atoms with Crippen LogP contribution < -0.4 is 10.2 Å². The van der Waals surface area contributed by atoms with Gasteiger partial charge in [0, 0.05) is 12.0 Å². The Kier molecular flexibility index (Phi) is 5.48. The molecule has 1 heterocycles. The Hall–Kier alpha value is -2.63. The molecule has 0 spiro atoms. The second-order valence-corrected chi connectivity index (χ2v) is 5.91. The lowest BCUT2D eigenvalue weighted by Crippen LogP contribution is -2.13. The molecule has 3 rings (SSSR count). The van der Waals surface area contributed by atoms with Crippen molar-refractivity contribution in [2.45, 2.75) is 26.3 Å². The lowest BCUT2D eigenvalue weighted by atomic mass is 10.1. The SMILES string of the molecule is Cc1oc(-c2ccccc2)nc1CCOc1cccc(C(C)NO)c1. The summed E-state index contributed by atoms with van der Waals surface area (Å²) in [6.45, 7) is 4.30. The minimum absolute atomic E-state index is 0.144. The number of nitrogens with zero attached hydrogens (tertiary/aromatic N) is 1. The molecule has 2 aromatic carbocycles. The van der Waals surface area contributed by atoms with Gasteiger partial charge >= 0.3 is 0 Å². The van der Waals surface area contributed by atoms with Gasteiger partial charge in [-0.15, -0.1) is 0 Å². The van der Waals surface area contributed by atoms with Crippen LogP contribution in [-0.4, -0.2) is 16.8 Å². The zero-order chi connectivity index (χ0) is 17.6. The van der Waals surface area contributed by atoms with Crippen LogP contribution in [-0.2, 0) is 6.42 Å². The maximum absolute atomic E-state index is 9.02. The molecule has 130 valence electrons. The van der Waals surface area contributed by atoms with Crippen LogP contribution in [0.2, 0.25) is 0 Å². The van der Waals surface area contributed by atoms with Crippen molar-refractivity contribution in [3.63, 3.8) is 0 Å². The van der Waals surface area contributed by atoms with Crippen molar-refractivity contribution in [1.29, 1.82) is 0 Å². The highest BCUT2D eigenvalue weighted by atomic mass is 16.5. The van der Waals surface area contributed by atoms with Crippen LogP contribution in [0.3, 0.4) is 0 Å². The number of hydrogen-bond acceptors (Lipinski definition) is 5. The summed E-state index contributed by atoms with van der Waals surface area (Å²) in [6, 6.07) is 17.4. The van der Waals surface area contributed by atoms with Crippen LogP contribution in [0.15, 0.2) is 59.0 Å². The first-order valence-electron chi connectivity index (χ1n) is 8.31. The summed E-state index contributed by atoms with van der Waals surface area (Å²) in [7, 11) is 0. The number of hydrogen-bond donors (Lipinski definition) is 2. The topological polar surface area (TPSA) is 67.5 Å². The molecule has 0 aliphatic carbocycles. The van der Waals surface area contributed by atoms with E-state index in [-0.39, 0.29) is 6.04 Å². The lowest BCUT2D eigenvalue weighted by Gasteiger charge is -2.11. The number of aromatic nitrogens is 1. The Morgan fingerprint density at radius 2 is 1.96 bits per heavy atom. The van der Waals surface area contributed by atoms with E-state index in [1.54, 1.807) is 0 Å². The molecule has 0 aliphatic rings. The molecular formula is C20H22N2O3. The van der Waals surface area contributed by atoms with Gasteiger partial charge in [0.05, 0.1) is 18.3 Å². The van der Waals surface area contributed by atoms with Crippen molar-refractivity contribution in [1.82, 2.24) is 10.5 Å². The molecule has 3 aromatic rings. The van der Waals surface area contributed by atoms with E-state index in [1.165, 1.54) is 0 Å².